The highest BCUT2D eigenvalue weighted by atomic mass is 16.5. The van der Waals surface area contributed by atoms with Gasteiger partial charge in [0.25, 0.3) is 0 Å². The van der Waals surface area contributed by atoms with Gasteiger partial charge in [-0.25, -0.2) is 0 Å². The van der Waals surface area contributed by atoms with E-state index in [1.807, 2.05) is 6.92 Å². The van der Waals surface area contributed by atoms with E-state index in [1.54, 1.807) is 0 Å². The number of ether oxygens (including phenoxy) is 3. The standard InChI is InChI=1S/C11H14O5/c1-4-16-6-7-5-8(12)10(14-2)11(15-3)9(7)13/h5H,4,6H2,1-3H3. The molecule has 0 saturated carbocycles. The molecule has 16 heavy (non-hydrogen) atoms. The third-order valence-corrected chi connectivity index (χ3v) is 2.10. The van der Waals surface area contributed by atoms with Crippen LogP contribution in [0.2, 0.25) is 0 Å². The van der Waals surface area contributed by atoms with Crippen molar-refractivity contribution in [2.45, 2.75) is 6.92 Å². The van der Waals surface area contributed by atoms with Crippen LogP contribution in [0.4, 0.5) is 0 Å². The number of ketones is 2. The van der Waals surface area contributed by atoms with Gasteiger partial charge in [0.1, 0.15) is 0 Å². The minimum Gasteiger partial charge on any atom is -0.490 e. The molecule has 0 heterocycles. The summed E-state index contributed by atoms with van der Waals surface area (Å²) in [5.74, 6) is -0.876. The molecule has 0 N–H and O–H groups in total. The molecular formula is C11H14O5. The van der Waals surface area contributed by atoms with E-state index in [4.69, 9.17) is 14.2 Å². The first-order valence-electron chi connectivity index (χ1n) is 4.85. The quantitative estimate of drug-likeness (QED) is 0.642. The number of hydrogen-bond donors (Lipinski definition) is 0. The molecule has 1 rings (SSSR count). The molecular weight excluding hydrogens is 212 g/mol. The molecule has 5 heteroatoms. The van der Waals surface area contributed by atoms with Crippen LogP contribution >= 0.6 is 0 Å². The Balaban J connectivity index is 2.97. The summed E-state index contributed by atoms with van der Waals surface area (Å²) >= 11 is 0. The maximum Gasteiger partial charge on any atom is 0.230 e. The van der Waals surface area contributed by atoms with Crippen molar-refractivity contribution in [3.05, 3.63) is 23.2 Å². The number of hydrogen-bond acceptors (Lipinski definition) is 5. The summed E-state index contributed by atoms with van der Waals surface area (Å²) in [5, 5.41) is 0. The zero-order valence-corrected chi connectivity index (χ0v) is 9.53. The minimum atomic E-state index is -0.381. The molecule has 88 valence electrons. The van der Waals surface area contributed by atoms with Gasteiger partial charge < -0.3 is 14.2 Å². The Morgan fingerprint density at radius 2 is 1.75 bits per heavy atom. The zero-order chi connectivity index (χ0) is 12.1. The maximum atomic E-state index is 11.8. The van der Waals surface area contributed by atoms with Crippen molar-refractivity contribution in [2.75, 3.05) is 27.4 Å². The van der Waals surface area contributed by atoms with Gasteiger partial charge in [0.15, 0.2) is 0 Å². The Kier molecular flexibility index (Phi) is 4.25. The minimum absolute atomic E-state index is 0.0623. The van der Waals surface area contributed by atoms with Gasteiger partial charge in [0, 0.05) is 12.2 Å². The molecule has 0 spiro atoms. The van der Waals surface area contributed by atoms with E-state index in [1.165, 1.54) is 20.3 Å². The highest BCUT2D eigenvalue weighted by molar-refractivity contribution is 6.21. The van der Waals surface area contributed by atoms with Crippen molar-refractivity contribution < 1.29 is 23.8 Å². The van der Waals surface area contributed by atoms with Crippen molar-refractivity contribution in [1.29, 1.82) is 0 Å². The fraction of sp³-hybridized carbons (Fsp3) is 0.455. The fourth-order valence-electron chi connectivity index (χ4n) is 1.35. The van der Waals surface area contributed by atoms with E-state index in [-0.39, 0.29) is 35.3 Å². The Morgan fingerprint density at radius 3 is 2.25 bits per heavy atom. The van der Waals surface area contributed by atoms with Crippen molar-refractivity contribution in [3.63, 3.8) is 0 Å². The monoisotopic (exact) mass is 226 g/mol. The molecule has 1 aliphatic rings. The van der Waals surface area contributed by atoms with E-state index in [0.29, 0.717) is 6.61 Å². The van der Waals surface area contributed by atoms with E-state index in [2.05, 4.69) is 0 Å². The first-order chi connectivity index (χ1) is 7.65. The number of carbonyl (C=O) groups excluding carboxylic acids is 2. The molecule has 0 unspecified atom stereocenters. The summed E-state index contributed by atoms with van der Waals surface area (Å²) in [6.45, 7) is 2.39. The van der Waals surface area contributed by atoms with Crippen molar-refractivity contribution in [3.8, 4) is 0 Å². The lowest BCUT2D eigenvalue weighted by atomic mass is 10.0. The number of methoxy groups -OCH3 is 2. The molecule has 0 amide bonds. The SMILES string of the molecule is CCOCC1=CC(=O)C(OC)=C(OC)C1=O. The number of Topliss-reactive ketones (excluding diaryl/α,β-unsaturated/α-hetero) is 1. The fourth-order valence-corrected chi connectivity index (χ4v) is 1.35. The summed E-state index contributed by atoms with van der Waals surface area (Å²) < 4.78 is 14.8. The van der Waals surface area contributed by atoms with Gasteiger partial charge in [-0.15, -0.1) is 0 Å². The van der Waals surface area contributed by atoms with Crippen LogP contribution in [0.5, 0.6) is 0 Å². The number of allylic oxidation sites excluding steroid dienone is 2. The molecule has 5 nitrogen and oxygen atoms in total. The molecule has 0 aromatic rings. The van der Waals surface area contributed by atoms with Gasteiger partial charge in [0.2, 0.25) is 23.1 Å². The Morgan fingerprint density at radius 1 is 1.12 bits per heavy atom. The summed E-state index contributed by atoms with van der Waals surface area (Å²) in [6.07, 6.45) is 1.22. The summed E-state index contributed by atoms with van der Waals surface area (Å²) in [6, 6.07) is 0. The van der Waals surface area contributed by atoms with Crippen LogP contribution in [0.3, 0.4) is 0 Å². The summed E-state index contributed by atoms with van der Waals surface area (Å²) in [7, 11) is 2.64. The lowest BCUT2D eigenvalue weighted by Crippen LogP contribution is -2.23. The first kappa shape index (κ1) is 12.4. The topological polar surface area (TPSA) is 61.8 Å². The van der Waals surface area contributed by atoms with E-state index in [9.17, 15) is 9.59 Å². The molecule has 0 fully saturated rings. The Labute approximate surface area is 93.7 Å². The largest absolute Gasteiger partial charge is 0.490 e. The molecule has 0 aromatic carbocycles. The normalized spacial score (nSPS) is 16.3. The first-order valence-corrected chi connectivity index (χ1v) is 4.85. The van der Waals surface area contributed by atoms with Crippen LogP contribution in [0.1, 0.15) is 6.92 Å². The average molecular weight is 226 g/mol. The summed E-state index contributed by atoms with van der Waals surface area (Å²) in [5.41, 5.74) is 0.282. The van der Waals surface area contributed by atoms with Crippen LogP contribution in [-0.4, -0.2) is 39.0 Å². The van der Waals surface area contributed by atoms with Gasteiger partial charge in [-0.2, -0.15) is 0 Å². The second kappa shape index (κ2) is 5.46. The maximum absolute atomic E-state index is 11.8. The number of carbonyl (C=O) groups is 2. The molecule has 1 aliphatic carbocycles. The smallest absolute Gasteiger partial charge is 0.230 e. The number of rotatable bonds is 5. The highest BCUT2D eigenvalue weighted by Gasteiger charge is 2.30. The summed E-state index contributed by atoms with van der Waals surface area (Å²) in [4.78, 5) is 23.4. The molecule has 0 radical (unpaired) electrons. The average Bonchev–Trinajstić information content (AvgIpc) is 2.29. The van der Waals surface area contributed by atoms with E-state index in [0.717, 1.165) is 0 Å². The van der Waals surface area contributed by atoms with Gasteiger partial charge >= 0.3 is 0 Å². The van der Waals surface area contributed by atoms with Crippen molar-refractivity contribution in [1.82, 2.24) is 0 Å². The predicted molar refractivity (Wildman–Crippen MR) is 55.6 cm³/mol. The molecule has 0 aromatic heterocycles. The third kappa shape index (κ3) is 2.30. The van der Waals surface area contributed by atoms with Crippen LogP contribution < -0.4 is 0 Å². The van der Waals surface area contributed by atoms with Crippen LogP contribution in [0, 0.1) is 0 Å². The lowest BCUT2D eigenvalue weighted by Gasteiger charge is -2.16. The van der Waals surface area contributed by atoms with Crippen LogP contribution in [0.25, 0.3) is 0 Å². The second-order valence-electron chi connectivity index (χ2n) is 3.07. The second-order valence-corrected chi connectivity index (χ2v) is 3.07. The Bertz CT molecular complexity index is 365. The highest BCUT2D eigenvalue weighted by Crippen LogP contribution is 2.20. The van der Waals surface area contributed by atoms with Gasteiger partial charge in [-0.1, -0.05) is 0 Å². The van der Waals surface area contributed by atoms with Gasteiger partial charge in [0.05, 0.1) is 20.8 Å². The molecule has 0 bridgehead atoms. The third-order valence-electron chi connectivity index (χ3n) is 2.10. The zero-order valence-electron chi connectivity index (χ0n) is 9.53. The predicted octanol–water partition coefficient (Wildman–Crippen LogP) is 0.605. The van der Waals surface area contributed by atoms with Gasteiger partial charge in [-0.05, 0) is 13.0 Å². The van der Waals surface area contributed by atoms with Crippen LogP contribution in [-0.2, 0) is 23.8 Å². The molecule has 0 aliphatic heterocycles. The van der Waals surface area contributed by atoms with Crippen molar-refractivity contribution >= 4 is 11.6 Å². The molecule has 0 saturated heterocycles. The van der Waals surface area contributed by atoms with Crippen molar-refractivity contribution in [2.24, 2.45) is 0 Å². The molecule has 0 atom stereocenters. The van der Waals surface area contributed by atoms with Crippen LogP contribution in [0.15, 0.2) is 23.2 Å². The lowest BCUT2D eigenvalue weighted by molar-refractivity contribution is -0.120. The van der Waals surface area contributed by atoms with E-state index < -0.39 is 0 Å². The van der Waals surface area contributed by atoms with E-state index >= 15 is 0 Å². The Hall–Kier alpha value is -1.62. The van der Waals surface area contributed by atoms with Gasteiger partial charge in [-0.3, -0.25) is 9.59 Å².